The highest BCUT2D eigenvalue weighted by molar-refractivity contribution is 5.67. The fourth-order valence-electron chi connectivity index (χ4n) is 3.03. The van der Waals surface area contributed by atoms with Crippen molar-refractivity contribution in [3.05, 3.63) is 86.3 Å². The van der Waals surface area contributed by atoms with Crippen LogP contribution in [-0.2, 0) is 12.6 Å². The van der Waals surface area contributed by atoms with Gasteiger partial charge in [-0.1, -0.05) is 18.2 Å². The van der Waals surface area contributed by atoms with Gasteiger partial charge < -0.3 is 5.73 Å². The number of nitrogens with zero attached hydrogens (tertiary/aromatic N) is 5. The minimum atomic E-state index is -4.53. The zero-order chi connectivity index (χ0) is 24.3. The Balaban J connectivity index is 2.00. The fourth-order valence-corrected chi connectivity index (χ4v) is 3.03. The molecule has 168 valence electrons. The Labute approximate surface area is 184 Å². The lowest BCUT2D eigenvalue weighted by Crippen LogP contribution is -2.07. The number of pyridine rings is 1. The number of hydrogen-bond acceptors (Lipinski definition) is 7. The van der Waals surface area contributed by atoms with Crippen LogP contribution in [0, 0.1) is 34.2 Å². The number of rotatable bonds is 5. The van der Waals surface area contributed by atoms with Crippen LogP contribution in [0.25, 0.3) is 0 Å². The van der Waals surface area contributed by atoms with E-state index in [-0.39, 0.29) is 40.3 Å². The predicted octanol–water partition coefficient (Wildman–Crippen LogP) is 5.92. The molecule has 0 saturated heterocycles. The molecule has 0 aliphatic heterocycles. The quantitative estimate of drug-likeness (QED) is 0.220. The van der Waals surface area contributed by atoms with Crippen LogP contribution < -0.4 is 5.73 Å². The standard InChI is InChI=1S/C21H14F4N6O2/c1-11-15(10-26)17(8-12-3-2-4-13(7-12)21(23,24)25)28-20(27)19(11)30-29-18-9-14(31(32)33)5-6-16(18)22/h2-7,9H,8H2,1H3,(H2,27,28). The summed E-state index contributed by atoms with van der Waals surface area (Å²) < 4.78 is 52.9. The molecule has 1 heterocycles. The van der Waals surface area contributed by atoms with Gasteiger partial charge in [-0.3, -0.25) is 10.1 Å². The lowest BCUT2D eigenvalue weighted by atomic mass is 10.00. The molecule has 0 bridgehead atoms. The first-order valence-electron chi connectivity index (χ1n) is 9.22. The molecule has 3 aromatic rings. The third-order valence-electron chi connectivity index (χ3n) is 4.65. The van der Waals surface area contributed by atoms with E-state index in [2.05, 4.69) is 15.2 Å². The van der Waals surface area contributed by atoms with Gasteiger partial charge in [-0.05, 0) is 30.2 Å². The number of halogens is 4. The number of nitriles is 1. The van der Waals surface area contributed by atoms with Crippen molar-refractivity contribution < 1.29 is 22.5 Å². The maximum atomic E-state index is 13.9. The maximum Gasteiger partial charge on any atom is 0.416 e. The molecule has 2 aromatic carbocycles. The van der Waals surface area contributed by atoms with Gasteiger partial charge >= 0.3 is 6.18 Å². The number of nitro benzene ring substituents is 1. The van der Waals surface area contributed by atoms with Crippen LogP contribution >= 0.6 is 0 Å². The summed E-state index contributed by atoms with van der Waals surface area (Å²) >= 11 is 0. The average Bonchev–Trinajstić information content (AvgIpc) is 2.74. The molecule has 1 aromatic heterocycles. The van der Waals surface area contributed by atoms with Gasteiger partial charge in [0.1, 0.15) is 17.4 Å². The number of benzene rings is 2. The van der Waals surface area contributed by atoms with Gasteiger partial charge in [0.15, 0.2) is 11.6 Å². The molecular weight excluding hydrogens is 444 g/mol. The second kappa shape index (κ2) is 8.99. The number of nitrogen functional groups attached to an aromatic ring is 1. The van der Waals surface area contributed by atoms with E-state index in [1.54, 1.807) is 0 Å². The average molecular weight is 458 g/mol. The van der Waals surface area contributed by atoms with Gasteiger partial charge in [0.05, 0.1) is 21.7 Å². The third-order valence-corrected chi connectivity index (χ3v) is 4.65. The van der Waals surface area contributed by atoms with Crippen molar-refractivity contribution in [1.29, 1.82) is 5.26 Å². The summed E-state index contributed by atoms with van der Waals surface area (Å²) in [5, 5.41) is 27.9. The first-order chi connectivity index (χ1) is 15.5. The molecule has 33 heavy (non-hydrogen) atoms. The van der Waals surface area contributed by atoms with Crippen molar-refractivity contribution in [3.8, 4) is 6.07 Å². The highest BCUT2D eigenvalue weighted by Gasteiger charge is 2.30. The summed E-state index contributed by atoms with van der Waals surface area (Å²) in [4.78, 5) is 14.2. The number of non-ortho nitro benzene ring substituents is 1. The van der Waals surface area contributed by atoms with Gasteiger partial charge in [0.2, 0.25) is 0 Å². The molecule has 8 nitrogen and oxygen atoms in total. The molecule has 0 unspecified atom stereocenters. The first kappa shape index (κ1) is 23.3. The highest BCUT2D eigenvalue weighted by atomic mass is 19.4. The van der Waals surface area contributed by atoms with E-state index in [4.69, 9.17) is 5.73 Å². The summed E-state index contributed by atoms with van der Waals surface area (Å²) in [6, 6.07) is 9.22. The van der Waals surface area contributed by atoms with Crippen LogP contribution in [0.3, 0.4) is 0 Å². The first-order valence-corrected chi connectivity index (χ1v) is 9.22. The molecular formula is C21H14F4N6O2. The van der Waals surface area contributed by atoms with Crippen molar-refractivity contribution in [1.82, 2.24) is 4.98 Å². The van der Waals surface area contributed by atoms with Crippen molar-refractivity contribution in [3.63, 3.8) is 0 Å². The summed E-state index contributed by atoms with van der Waals surface area (Å²) in [7, 11) is 0. The van der Waals surface area contributed by atoms with E-state index in [1.165, 1.54) is 19.1 Å². The molecule has 0 aliphatic carbocycles. The fraction of sp³-hybridized carbons (Fsp3) is 0.143. The summed E-state index contributed by atoms with van der Waals surface area (Å²) in [5.41, 5.74) is 4.84. The van der Waals surface area contributed by atoms with Crippen LogP contribution in [0.5, 0.6) is 0 Å². The van der Waals surface area contributed by atoms with E-state index in [9.17, 15) is 32.9 Å². The predicted molar refractivity (Wildman–Crippen MR) is 110 cm³/mol. The Morgan fingerprint density at radius 1 is 1.21 bits per heavy atom. The van der Waals surface area contributed by atoms with Crippen LogP contribution in [0.15, 0.2) is 52.7 Å². The van der Waals surface area contributed by atoms with Gasteiger partial charge in [-0.15, -0.1) is 10.2 Å². The second-order valence-electron chi connectivity index (χ2n) is 6.87. The summed E-state index contributed by atoms with van der Waals surface area (Å²) in [6.07, 6.45) is -4.63. The molecule has 2 N–H and O–H groups in total. The Bertz CT molecular complexity index is 1320. The molecule has 0 spiro atoms. The monoisotopic (exact) mass is 458 g/mol. The molecule has 0 fully saturated rings. The van der Waals surface area contributed by atoms with Crippen LogP contribution in [0.1, 0.15) is 27.9 Å². The number of nitro groups is 1. The third kappa shape index (κ3) is 5.09. The number of aromatic nitrogens is 1. The minimum absolute atomic E-state index is 0.0232. The zero-order valence-corrected chi connectivity index (χ0v) is 16.9. The number of alkyl halides is 3. The minimum Gasteiger partial charge on any atom is -0.382 e. The van der Waals surface area contributed by atoms with Crippen LogP contribution in [0.2, 0.25) is 0 Å². The topological polar surface area (TPSA) is 131 Å². The molecule has 12 heteroatoms. The van der Waals surface area contributed by atoms with E-state index in [0.29, 0.717) is 0 Å². The van der Waals surface area contributed by atoms with Crippen molar-refractivity contribution in [2.75, 3.05) is 5.73 Å². The molecule has 0 amide bonds. The zero-order valence-electron chi connectivity index (χ0n) is 16.9. The lowest BCUT2D eigenvalue weighted by molar-refractivity contribution is -0.384. The number of anilines is 1. The molecule has 3 rings (SSSR count). The molecule has 0 radical (unpaired) electrons. The SMILES string of the molecule is Cc1c(C#N)c(Cc2cccc(C(F)(F)F)c2)nc(N)c1N=Nc1cc([N+](=O)[O-])ccc1F. The van der Waals surface area contributed by atoms with E-state index in [0.717, 1.165) is 30.3 Å². The highest BCUT2D eigenvalue weighted by Crippen LogP contribution is 2.34. The summed E-state index contributed by atoms with van der Waals surface area (Å²) in [5.74, 6) is -1.06. The Kier molecular flexibility index (Phi) is 6.34. The van der Waals surface area contributed by atoms with Crippen molar-refractivity contribution in [2.24, 2.45) is 10.2 Å². The molecule has 0 saturated carbocycles. The number of hydrogen-bond donors (Lipinski definition) is 1. The maximum absolute atomic E-state index is 13.9. The summed E-state index contributed by atoms with van der Waals surface area (Å²) in [6.45, 7) is 1.48. The van der Waals surface area contributed by atoms with Crippen LogP contribution in [-0.4, -0.2) is 9.91 Å². The smallest absolute Gasteiger partial charge is 0.382 e. The normalized spacial score (nSPS) is 11.5. The van der Waals surface area contributed by atoms with E-state index < -0.39 is 33.9 Å². The Morgan fingerprint density at radius 3 is 2.58 bits per heavy atom. The number of azo groups is 1. The van der Waals surface area contributed by atoms with Gasteiger partial charge in [-0.2, -0.15) is 18.4 Å². The molecule has 0 aliphatic rings. The van der Waals surface area contributed by atoms with Gasteiger partial charge in [-0.25, -0.2) is 9.37 Å². The lowest BCUT2D eigenvalue weighted by Gasteiger charge is -2.12. The van der Waals surface area contributed by atoms with Gasteiger partial charge in [0.25, 0.3) is 5.69 Å². The van der Waals surface area contributed by atoms with Crippen molar-refractivity contribution >= 4 is 22.9 Å². The van der Waals surface area contributed by atoms with Crippen LogP contribution in [0.4, 0.5) is 40.4 Å². The van der Waals surface area contributed by atoms with E-state index in [1.807, 2.05) is 6.07 Å². The van der Waals surface area contributed by atoms with Gasteiger partial charge in [0, 0.05) is 18.6 Å². The Hall–Kier alpha value is -4.40. The largest absolute Gasteiger partial charge is 0.416 e. The van der Waals surface area contributed by atoms with E-state index >= 15 is 0 Å². The second-order valence-corrected chi connectivity index (χ2v) is 6.87. The number of nitrogens with two attached hydrogens (primary N) is 1. The Morgan fingerprint density at radius 2 is 1.94 bits per heavy atom. The van der Waals surface area contributed by atoms with Crippen molar-refractivity contribution in [2.45, 2.75) is 19.5 Å². The molecule has 0 atom stereocenters.